The van der Waals surface area contributed by atoms with Crippen molar-refractivity contribution in [3.05, 3.63) is 68.7 Å². The zero-order valence-electron chi connectivity index (χ0n) is 10.7. The molecule has 0 radical (unpaired) electrons. The van der Waals surface area contributed by atoms with E-state index in [1.165, 1.54) is 0 Å². The molecule has 0 aliphatic rings. The Balaban J connectivity index is 1.98. The molecule has 3 aromatic rings. The van der Waals surface area contributed by atoms with E-state index in [9.17, 15) is 0 Å². The molecule has 3 rings (SSSR count). The Morgan fingerprint density at radius 1 is 1.00 bits per heavy atom. The Morgan fingerprint density at radius 2 is 1.76 bits per heavy atom. The van der Waals surface area contributed by atoms with Gasteiger partial charge >= 0.3 is 0 Å². The molecule has 0 spiro atoms. The number of rotatable bonds is 2. The minimum absolute atomic E-state index is 0.632. The van der Waals surface area contributed by atoms with Crippen molar-refractivity contribution in [1.29, 1.82) is 0 Å². The van der Waals surface area contributed by atoms with Crippen molar-refractivity contribution in [2.45, 2.75) is 0 Å². The Bertz CT molecular complexity index is 830. The summed E-state index contributed by atoms with van der Waals surface area (Å²) in [5, 5.41) is 2.14. The highest BCUT2D eigenvalue weighted by molar-refractivity contribution is 9.10. The summed E-state index contributed by atoms with van der Waals surface area (Å²) in [4.78, 5) is 8.89. The molecular weight excluding hydrogens is 371 g/mol. The van der Waals surface area contributed by atoms with Crippen molar-refractivity contribution in [3.8, 4) is 0 Å². The average molecular weight is 380 g/mol. The lowest BCUT2D eigenvalue weighted by Crippen LogP contribution is -1.89. The third kappa shape index (κ3) is 3.43. The maximum atomic E-state index is 6.27. The van der Waals surface area contributed by atoms with Crippen molar-refractivity contribution in [3.63, 3.8) is 0 Å². The summed E-state index contributed by atoms with van der Waals surface area (Å²) in [7, 11) is 0. The SMILES string of the molecule is Clc1ccc2c(Cl)cc(C=Nc3ccc(Br)cc3)nc2c1. The van der Waals surface area contributed by atoms with Gasteiger partial charge in [0.05, 0.1) is 28.1 Å². The molecule has 0 unspecified atom stereocenters. The number of hydrogen-bond donors (Lipinski definition) is 0. The zero-order valence-corrected chi connectivity index (χ0v) is 13.8. The van der Waals surface area contributed by atoms with Crippen LogP contribution in [0.15, 0.2) is 58.0 Å². The lowest BCUT2D eigenvalue weighted by atomic mass is 10.2. The van der Waals surface area contributed by atoms with Gasteiger partial charge in [0.2, 0.25) is 0 Å². The van der Waals surface area contributed by atoms with Crippen molar-refractivity contribution in [2.24, 2.45) is 4.99 Å². The number of hydrogen-bond acceptors (Lipinski definition) is 2. The first kappa shape index (κ1) is 14.5. The number of pyridine rings is 1. The van der Waals surface area contributed by atoms with Crippen LogP contribution in [0, 0.1) is 0 Å². The largest absolute Gasteiger partial charge is 0.255 e. The molecule has 21 heavy (non-hydrogen) atoms. The summed E-state index contributed by atoms with van der Waals surface area (Å²) in [6.07, 6.45) is 1.69. The number of nitrogens with zero attached hydrogens (tertiary/aromatic N) is 2. The molecule has 0 fully saturated rings. The zero-order chi connectivity index (χ0) is 14.8. The van der Waals surface area contributed by atoms with Crippen LogP contribution in [0.25, 0.3) is 10.9 Å². The fourth-order valence-corrected chi connectivity index (χ4v) is 2.61. The van der Waals surface area contributed by atoms with Crippen LogP contribution >= 0.6 is 39.1 Å². The average Bonchev–Trinajstić information content (AvgIpc) is 2.46. The molecule has 104 valence electrons. The fourth-order valence-electron chi connectivity index (χ4n) is 1.91. The van der Waals surface area contributed by atoms with Crippen LogP contribution in [-0.4, -0.2) is 11.2 Å². The van der Waals surface area contributed by atoms with Gasteiger partial charge in [-0.05, 0) is 48.5 Å². The first-order chi connectivity index (χ1) is 10.1. The minimum Gasteiger partial charge on any atom is -0.255 e. The highest BCUT2D eigenvalue weighted by Gasteiger charge is 2.03. The molecule has 2 aromatic carbocycles. The maximum absolute atomic E-state index is 6.27. The lowest BCUT2D eigenvalue weighted by Gasteiger charge is -2.02. The van der Waals surface area contributed by atoms with E-state index in [1.54, 1.807) is 24.4 Å². The van der Waals surface area contributed by atoms with Crippen molar-refractivity contribution < 1.29 is 0 Å². The molecule has 5 heteroatoms. The van der Waals surface area contributed by atoms with Crippen molar-refractivity contribution in [1.82, 2.24) is 4.98 Å². The summed E-state index contributed by atoms with van der Waals surface area (Å²) in [6.45, 7) is 0. The Labute approximate surface area is 140 Å². The van der Waals surface area contributed by atoms with Crippen LogP contribution in [0.2, 0.25) is 10.0 Å². The number of benzene rings is 2. The van der Waals surface area contributed by atoms with Gasteiger partial charge in [-0.2, -0.15) is 0 Å². The van der Waals surface area contributed by atoms with Crippen LogP contribution in [0.1, 0.15) is 5.69 Å². The van der Waals surface area contributed by atoms with Gasteiger partial charge in [-0.1, -0.05) is 39.1 Å². The van der Waals surface area contributed by atoms with E-state index in [2.05, 4.69) is 25.9 Å². The van der Waals surface area contributed by atoms with Crippen molar-refractivity contribution in [2.75, 3.05) is 0 Å². The number of halogens is 3. The molecule has 0 saturated heterocycles. The van der Waals surface area contributed by atoms with Crippen LogP contribution in [0.5, 0.6) is 0 Å². The van der Waals surface area contributed by atoms with E-state index in [4.69, 9.17) is 23.2 Å². The molecule has 0 saturated carbocycles. The molecule has 0 amide bonds. The smallest absolute Gasteiger partial charge is 0.0835 e. The van der Waals surface area contributed by atoms with Gasteiger partial charge in [-0.25, -0.2) is 4.98 Å². The standard InChI is InChI=1S/C16H9BrCl2N2/c17-10-1-4-12(5-2-10)20-9-13-8-15(19)14-6-3-11(18)7-16(14)21-13/h1-9H. The van der Waals surface area contributed by atoms with Crippen LogP contribution in [0.3, 0.4) is 0 Å². The third-order valence-corrected chi connectivity index (χ3v) is 3.99. The van der Waals surface area contributed by atoms with E-state index >= 15 is 0 Å². The van der Waals surface area contributed by atoms with Gasteiger partial charge < -0.3 is 0 Å². The predicted octanol–water partition coefficient (Wildman–Crippen LogP) is 6.05. The van der Waals surface area contributed by atoms with Gasteiger partial charge in [0.25, 0.3) is 0 Å². The Kier molecular flexibility index (Phi) is 4.24. The highest BCUT2D eigenvalue weighted by atomic mass is 79.9. The number of fused-ring (bicyclic) bond motifs is 1. The summed E-state index contributed by atoms with van der Waals surface area (Å²) in [5.41, 5.74) is 2.30. The predicted molar refractivity (Wildman–Crippen MR) is 93.2 cm³/mol. The third-order valence-electron chi connectivity index (χ3n) is 2.91. The highest BCUT2D eigenvalue weighted by Crippen LogP contribution is 2.25. The topological polar surface area (TPSA) is 25.2 Å². The van der Waals surface area contributed by atoms with E-state index in [0.717, 1.165) is 21.1 Å². The lowest BCUT2D eigenvalue weighted by molar-refractivity contribution is 1.37. The summed E-state index contributed by atoms with van der Waals surface area (Å²) in [6, 6.07) is 15.0. The van der Waals surface area contributed by atoms with E-state index < -0.39 is 0 Å². The van der Waals surface area contributed by atoms with Crippen molar-refractivity contribution >= 4 is 61.9 Å². The first-order valence-electron chi connectivity index (χ1n) is 6.17. The molecular formula is C16H9BrCl2N2. The summed E-state index contributed by atoms with van der Waals surface area (Å²) < 4.78 is 1.02. The fraction of sp³-hybridized carbons (Fsp3) is 0. The van der Waals surface area contributed by atoms with Crippen LogP contribution < -0.4 is 0 Å². The van der Waals surface area contributed by atoms with E-state index in [1.807, 2.05) is 30.3 Å². The second kappa shape index (κ2) is 6.14. The van der Waals surface area contributed by atoms with Gasteiger partial charge in [0.1, 0.15) is 0 Å². The molecule has 0 bridgehead atoms. The minimum atomic E-state index is 0.632. The summed E-state index contributed by atoms with van der Waals surface area (Å²) in [5.74, 6) is 0. The second-order valence-electron chi connectivity index (χ2n) is 4.43. The van der Waals surface area contributed by atoms with Gasteiger partial charge in [-0.15, -0.1) is 0 Å². The molecule has 1 heterocycles. The molecule has 0 N–H and O–H groups in total. The second-order valence-corrected chi connectivity index (χ2v) is 6.18. The summed E-state index contributed by atoms with van der Waals surface area (Å²) >= 11 is 15.6. The quantitative estimate of drug-likeness (QED) is 0.497. The normalized spacial score (nSPS) is 11.4. The Morgan fingerprint density at radius 3 is 2.52 bits per heavy atom. The Hall–Kier alpha value is -1.42. The molecule has 1 aromatic heterocycles. The monoisotopic (exact) mass is 378 g/mol. The molecule has 0 aliphatic carbocycles. The molecule has 0 aliphatic heterocycles. The molecule has 2 nitrogen and oxygen atoms in total. The van der Waals surface area contributed by atoms with Gasteiger partial charge in [0, 0.05) is 14.9 Å². The van der Waals surface area contributed by atoms with Gasteiger partial charge in [-0.3, -0.25) is 4.99 Å². The van der Waals surface area contributed by atoms with Gasteiger partial charge in [0.15, 0.2) is 0 Å². The first-order valence-corrected chi connectivity index (χ1v) is 7.72. The maximum Gasteiger partial charge on any atom is 0.0835 e. The number of aromatic nitrogens is 1. The van der Waals surface area contributed by atoms with E-state index in [-0.39, 0.29) is 0 Å². The van der Waals surface area contributed by atoms with Crippen LogP contribution in [-0.2, 0) is 0 Å². The number of aliphatic imine (C=N–C) groups is 1. The van der Waals surface area contributed by atoms with Crippen LogP contribution in [0.4, 0.5) is 5.69 Å². The van der Waals surface area contributed by atoms with E-state index in [0.29, 0.717) is 15.7 Å². The molecule has 0 atom stereocenters.